The topological polar surface area (TPSA) is 105 Å². The van der Waals surface area contributed by atoms with Crippen LogP contribution in [0.4, 0.5) is 0 Å². The van der Waals surface area contributed by atoms with E-state index in [9.17, 15) is 19.4 Å². The lowest BCUT2D eigenvalue weighted by atomic mass is 10.0. The summed E-state index contributed by atoms with van der Waals surface area (Å²) in [4.78, 5) is 23.4. The molecule has 9 heteroatoms. The second-order valence-corrected chi connectivity index (χ2v) is 26.7. The van der Waals surface area contributed by atoms with Gasteiger partial charge in [-0.1, -0.05) is 334 Å². The quantitative estimate of drug-likeness (QED) is 0.0243. The van der Waals surface area contributed by atoms with Crippen LogP contribution in [0.3, 0.4) is 0 Å². The molecule has 78 heavy (non-hydrogen) atoms. The minimum Gasteiger partial charge on any atom is -0.391 e. The average Bonchev–Trinajstić information content (AvgIpc) is 3.41. The highest BCUT2D eigenvalue weighted by molar-refractivity contribution is 7.47. The highest BCUT2D eigenvalue weighted by atomic mass is 31.2. The number of amides is 1. The van der Waals surface area contributed by atoms with Gasteiger partial charge < -0.3 is 19.8 Å². The summed E-state index contributed by atoms with van der Waals surface area (Å²) in [5.41, 5.74) is 0. The third kappa shape index (κ3) is 62.6. The Morgan fingerprint density at radius 2 is 0.731 bits per heavy atom. The third-order valence-electron chi connectivity index (χ3n) is 16.2. The van der Waals surface area contributed by atoms with Crippen LogP contribution >= 0.6 is 7.82 Å². The van der Waals surface area contributed by atoms with E-state index in [0.717, 1.165) is 44.9 Å². The molecule has 0 heterocycles. The van der Waals surface area contributed by atoms with Crippen LogP contribution in [-0.4, -0.2) is 73.4 Å². The number of nitrogens with zero attached hydrogens (tertiary/aromatic N) is 1. The molecule has 0 aromatic rings. The highest BCUT2D eigenvalue weighted by Crippen LogP contribution is 2.43. The Balaban J connectivity index is 3.95. The molecule has 0 spiro atoms. The number of aliphatic hydroxyl groups excluding tert-OH is 1. The van der Waals surface area contributed by atoms with Crippen LogP contribution in [-0.2, 0) is 18.4 Å². The van der Waals surface area contributed by atoms with E-state index in [0.29, 0.717) is 23.9 Å². The fourth-order valence-electron chi connectivity index (χ4n) is 10.8. The van der Waals surface area contributed by atoms with Crippen molar-refractivity contribution in [2.45, 2.75) is 373 Å². The summed E-state index contributed by atoms with van der Waals surface area (Å²) in [5.74, 6) is -0.136. The molecule has 0 aliphatic rings. The number of carbonyl (C=O) groups is 1. The van der Waals surface area contributed by atoms with Crippen molar-refractivity contribution in [2.24, 2.45) is 0 Å². The number of carbonyl (C=O) groups excluding carboxylic acids is 1. The zero-order valence-electron chi connectivity index (χ0n) is 53.2. The molecule has 1 amide bonds. The molecule has 8 nitrogen and oxygen atoms in total. The number of hydrogen-bond acceptors (Lipinski definition) is 5. The number of rotatable bonds is 65. The first-order valence-corrected chi connectivity index (χ1v) is 36.2. The van der Waals surface area contributed by atoms with E-state index in [1.807, 2.05) is 21.1 Å². The molecule has 0 aromatic heterocycles. The van der Waals surface area contributed by atoms with Gasteiger partial charge in [0.25, 0.3) is 0 Å². The Morgan fingerprint density at radius 1 is 0.436 bits per heavy atom. The summed E-state index contributed by atoms with van der Waals surface area (Å²) in [6, 6.07) is -0.758. The molecule has 0 radical (unpaired) electrons. The fraction of sp³-hybridized carbons (Fsp3) is 0.928. The summed E-state index contributed by atoms with van der Waals surface area (Å²) in [6.45, 7) is 4.94. The van der Waals surface area contributed by atoms with Gasteiger partial charge >= 0.3 is 7.82 Å². The first-order chi connectivity index (χ1) is 38.0. The maximum atomic E-state index is 13.1. The van der Waals surface area contributed by atoms with Gasteiger partial charge in [-0.05, 0) is 44.9 Å². The van der Waals surface area contributed by atoms with Crippen LogP contribution in [0, 0.1) is 0 Å². The monoisotopic (exact) mass is 1120 g/mol. The van der Waals surface area contributed by atoms with Crippen LogP contribution < -0.4 is 5.32 Å². The zero-order valence-corrected chi connectivity index (χ0v) is 54.1. The fourth-order valence-corrected chi connectivity index (χ4v) is 11.5. The average molecular weight is 1120 g/mol. The number of hydrogen-bond donors (Lipinski definition) is 3. The Labute approximate surface area is 487 Å². The first-order valence-electron chi connectivity index (χ1n) is 34.7. The van der Waals surface area contributed by atoms with Crippen molar-refractivity contribution in [3.05, 3.63) is 24.3 Å². The van der Waals surface area contributed by atoms with Gasteiger partial charge in [0.15, 0.2) is 0 Å². The molecule has 0 aromatic carbocycles. The number of aliphatic hydroxyl groups is 1. The van der Waals surface area contributed by atoms with E-state index < -0.39 is 20.0 Å². The number of unbranched alkanes of at least 4 members (excludes halogenated alkanes) is 48. The van der Waals surface area contributed by atoms with Crippen LogP contribution in [0.25, 0.3) is 0 Å². The lowest BCUT2D eigenvalue weighted by Gasteiger charge is -2.26. The number of phosphoric ester groups is 1. The summed E-state index contributed by atoms with van der Waals surface area (Å²) in [5, 5.41) is 14.1. The van der Waals surface area contributed by atoms with E-state index in [-0.39, 0.29) is 19.1 Å². The normalized spacial score (nSPS) is 13.8. The maximum absolute atomic E-state index is 13.1. The van der Waals surface area contributed by atoms with Gasteiger partial charge in [0, 0.05) is 6.42 Å². The van der Waals surface area contributed by atoms with E-state index in [2.05, 4.69) is 43.5 Å². The summed E-state index contributed by atoms with van der Waals surface area (Å²) >= 11 is 0. The van der Waals surface area contributed by atoms with Crippen molar-refractivity contribution in [3.8, 4) is 0 Å². The smallest absolute Gasteiger partial charge is 0.391 e. The van der Waals surface area contributed by atoms with E-state index >= 15 is 0 Å². The minimum absolute atomic E-state index is 0.0779. The molecule has 0 saturated carbocycles. The van der Waals surface area contributed by atoms with Crippen LogP contribution in [0.2, 0.25) is 0 Å². The van der Waals surface area contributed by atoms with Crippen molar-refractivity contribution in [2.75, 3.05) is 40.9 Å². The van der Waals surface area contributed by atoms with Crippen molar-refractivity contribution < 1.29 is 32.9 Å². The molecule has 3 N–H and O–H groups in total. The predicted molar refractivity (Wildman–Crippen MR) is 342 cm³/mol. The summed E-state index contributed by atoms with van der Waals surface area (Å²) < 4.78 is 23.9. The second kappa shape index (κ2) is 60.6. The van der Waals surface area contributed by atoms with Crippen LogP contribution in [0.15, 0.2) is 24.3 Å². The Bertz CT molecular complexity index is 1320. The van der Waals surface area contributed by atoms with Crippen molar-refractivity contribution in [1.29, 1.82) is 0 Å². The highest BCUT2D eigenvalue weighted by Gasteiger charge is 2.28. The molecule has 0 aliphatic heterocycles. The Hall–Kier alpha value is -1.02. The molecule has 464 valence electrons. The first kappa shape index (κ1) is 77.0. The Kier molecular flexibility index (Phi) is 59.8. The molecular weight excluding hydrogens is 984 g/mol. The Morgan fingerprint density at radius 3 is 1.05 bits per heavy atom. The predicted octanol–water partition coefficient (Wildman–Crippen LogP) is 21.9. The number of allylic oxidation sites excluding steroid dienone is 4. The number of likely N-dealkylation sites (N-methyl/N-ethyl adjacent to an activating group) is 1. The molecule has 3 atom stereocenters. The van der Waals surface area contributed by atoms with Crippen molar-refractivity contribution >= 4 is 13.7 Å². The largest absolute Gasteiger partial charge is 0.472 e. The number of quaternary nitrogens is 1. The molecule has 3 unspecified atom stereocenters. The molecule has 0 saturated heterocycles. The molecular formula is C69H138N2O6P+. The third-order valence-corrected chi connectivity index (χ3v) is 17.2. The van der Waals surface area contributed by atoms with E-state index in [4.69, 9.17) is 9.05 Å². The lowest BCUT2D eigenvalue weighted by Crippen LogP contribution is -2.46. The van der Waals surface area contributed by atoms with Crippen molar-refractivity contribution in [3.63, 3.8) is 0 Å². The summed E-state index contributed by atoms with van der Waals surface area (Å²) in [7, 11) is 1.64. The van der Waals surface area contributed by atoms with E-state index in [1.54, 1.807) is 0 Å². The zero-order chi connectivity index (χ0) is 57.0. The standard InChI is InChI=1S/C69H137N2O6P/c1-6-8-10-12-14-16-18-20-22-24-26-28-29-30-31-32-33-34-35-36-37-38-39-40-41-43-45-47-49-51-53-55-57-59-61-63-69(73)70-67(66-77-78(74,75)76-65-64-71(3,4)5)68(72)62-60-58-56-54-52-50-48-46-44-42-27-25-23-21-19-17-15-13-11-9-7-2/h18,20,24,26,67-68,72H,6-17,19,21-23,25,27-66H2,1-5H3,(H-,70,73,74,75)/p+1/b20-18-,26-24-. The number of phosphoric acid groups is 1. The SMILES string of the molecule is CCCCCCC/C=C\C/C=C\CCCCCCCCCCCCCCCCCCCCCCCCCC(=O)NC(COP(=O)(O)OCC[N+](C)(C)C)C(O)CCCCCCCCCCCCCCCCCCCCCCC. The molecule has 0 fully saturated rings. The van der Waals surface area contributed by atoms with Crippen molar-refractivity contribution in [1.82, 2.24) is 5.32 Å². The second-order valence-electron chi connectivity index (χ2n) is 25.3. The van der Waals surface area contributed by atoms with Gasteiger partial charge in [0.05, 0.1) is 39.9 Å². The van der Waals surface area contributed by atoms with Gasteiger partial charge in [0.2, 0.25) is 5.91 Å². The van der Waals surface area contributed by atoms with Gasteiger partial charge in [-0.25, -0.2) is 4.57 Å². The molecule has 0 bridgehead atoms. The van der Waals surface area contributed by atoms with Gasteiger partial charge in [-0.3, -0.25) is 13.8 Å². The van der Waals surface area contributed by atoms with E-state index in [1.165, 1.54) is 289 Å². The van der Waals surface area contributed by atoms with Crippen LogP contribution in [0.5, 0.6) is 0 Å². The molecule has 0 rings (SSSR count). The summed E-state index contributed by atoms with van der Waals surface area (Å²) in [6.07, 6.45) is 78.5. The minimum atomic E-state index is -4.33. The van der Waals surface area contributed by atoms with Gasteiger partial charge in [0.1, 0.15) is 13.2 Å². The van der Waals surface area contributed by atoms with Gasteiger partial charge in [-0.2, -0.15) is 0 Å². The number of nitrogens with one attached hydrogen (secondary N) is 1. The van der Waals surface area contributed by atoms with Gasteiger partial charge in [-0.15, -0.1) is 0 Å². The maximum Gasteiger partial charge on any atom is 0.472 e. The van der Waals surface area contributed by atoms with Crippen LogP contribution in [0.1, 0.15) is 361 Å². The molecule has 0 aliphatic carbocycles. The lowest BCUT2D eigenvalue weighted by molar-refractivity contribution is -0.870.